The number of anilines is 2. The third-order valence-corrected chi connectivity index (χ3v) is 13.9. The number of nitrogens with one attached hydrogen (secondary N) is 6. The molecule has 0 aliphatic rings. The second kappa shape index (κ2) is 25.4. The van der Waals surface area contributed by atoms with Gasteiger partial charge in [0.2, 0.25) is 0 Å². The Bertz CT molecular complexity index is 1760. The van der Waals surface area contributed by atoms with Crippen LogP contribution in [0.15, 0.2) is 0 Å². The van der Waals surface area contributed by atoms with Crippen LogP contribution in [-0.2, 0) is 9.59 Å². The Hall–Kier alpha value is -0.720. The lowest BCUT2D eigenvalue weighted by Gasteiger charge is -2.22. The van der Waals surface area contributed by atoms with Crippen molar-refractivity contribution in [1.82, 2.24) is 21.3 Å². The number of aliphatic hydroxyl groups excluding tert-OH is 9. The fraction of sp³-hybridized carbons (Fsp3) is 0.419. The SMILES string of the molecule is O=C(NCC(O)CO)c1c(I)c(NC(=O)C(O)CO)c(I)c(C(=O)NCC(O)CNC(=O)c2c(I)c(NC(=O)C(O)CO)c(I)c(C(=O)NCC(O)CO)c2I)c1I. The lowest BCUT2D eigenvalue weighted by molar-refractivity contribution is -0.126. The minimum atomic E-state index is -1.85. The van der Waals surface area contributed by atoms with Gasteiger partial charge in [-0.25, -0.2) is 0 Å². The van der Waals surface area contributed by atoms with Gasteiger partial charge in [-0.3, -0.25) is 28.8 Å². The van der Waals surface area contributed by atoms with E-state index in [0.29, 0.717) is 0 Å². The van der Waals surface area contributed by atoms with Crippen LogP contribution in [-0.4, -0.2) is 165 Å². The Labute approximate surface area is 410 Å². The van der Waals surface area contributed by atoms with E-state index in [0.717, 1.165) is 0 Å². The number of rotatable bonds is 20. The molecule has 0 fully saturated rings. The maximum Gasteiger partial charge on any atom is 0.255 e. The minimum Gasteiger partial charge on any atom is -0.394 e. The Morgan fingerprint density at radius 3 is 0.862 bits per heavy atom. The summed E-state index contributed by atoms with van der Waals surface area (Å²) < 4.78 is 0.587. The Balaban J connectivity index is 2.44. The van der Waals surface area contributed by atoms with E-state index in [9.17, 15) is 64.5 Å². The minimum absolute atomic E-state index is 0.0753. The standard InChI is InChI=1S/C31H36I6N6O15/c32-18-14(20(34)24(42-26(53)12(51)7-46)22(36)16(18)30(57)40-3-10(49)5-44)28(55)38-1-9(48)2-39-29(56)15-19(33)17(31(58)41-4-11(50)6-45)23(37)25(21(15)35)43-27(54)13(52)8-47/h9-13,44-52H,1-8H2,(H,38,55)(H,39,56)(H,40,57)(H,41,58)(H,42,53)(H,43,54). The maximum atomic E-state index is 13.6. The van der Waals surface area contributed by atoms with Gasteiger partial charge in [-0.1, -0.05) is 0 Å². The second-order valence-corrected chi connectivity index (χ2v) is 18.1. The summed E-state index contributed by atoms with van der Waals surface area (Å²) >= 11 is 10.3. The van der Waals surface area contributed by atoms with Gasteiger partial charge in [0.25, 0.3) is 35.4 Å². The summed E-state index contributed by atoms with van der Waals surface area (Å²) in [6.45, 7) is -4.91. The molecule has 0 spiro atoms. The third kappa shape index (κ3) is 14.2. The topological polar surface area (TPSA) is 357 Å². The predicted octanol–water partition coefficient (Wildman–Crippen LogP) is -2.42. The van der Waals surface area contributed by atoms with Crippen molar-refractivity contribution in [2.24, 2.45) is 0 Å². The molecule has 4 unspecified atom stereocenters. The van der Waals surface area contributed by atoms with Gasteiger partial charge >= 0.3 is 0 Å². The van der Waals surface area contributed by atoms with Gasteiger partial charge in [-0.2, -0.15) is 0 Å². The quantitative estimate of drug-likeness (QED) is 0.0614. The van der Waals surface area contributed by atoms with E-state index in [4.69, 9.17) is 10.2 Å². The molecule has 322 valence electrons. The van der Waals surface area contributed by atoms with Gasteiger partial charge in [0, 0.05) is 33.3 Å². The van der Waals surface area contributed by atoms with Crippen molar-refractivity contribution >= 4 is 182 Å². The summed E-state index contributed by atoms with van der Waals surface area (Å²) in [6, 6.07) is 0. The summed E-state index contributed by atoms with van der Waals surface area (Å²) in [6.07, 6.45) is -7.78. The maximum absolute atomic E-state index is 13.6. The fourth-order valence-electron chi connectivity index (χ4n) is 4.32. The molecule has 15 N–H and O–H groups in total. The van der Waals surface area contributed by atoms with E-state index >= 15 is 0 Å². The largest absolute Gasteiger partial charge is 0.394 e. The van der Waals surface area contributed by atoms with Crippen molar-refractivity contribution in [2.45, 2.75) is 30.5 Å². The first-order valence-electron chi connectivity index (χ1n) is 16.2. The van der Waals surface area contributed by atoms with E-state index in [2.05, 4.69) is 31.9 Å². The van der Waals surface area contributed by atoms with Crippen LogP contribution >= 0.6 is 136 Å². The smallest absolute Gasteiger partial charge is 0.255 e. The van der Waals surface area contributed by atoms with Gasteiger partial charge in [-0.05, 0) is 136 Å². The van der Waals surface area contributed by atoms with Crippen LogP contribution < -0.4 is 31.9 Å². The molecule has 21 nitrogen and oxygen atoms in total. The molecule has 0 heterocycles. The first-order chi connectivity index (χ1) is 27.2. The number of amides is 6. The van der Waals surface area contributed by atoms with Crippen molar-refractivity contribution in [3.63, 3.8) is 0 Å². The second-order valence-electron chi connectivity index (χ2n) is 11.7. The highest BCUT2D eigenvalue weighted by Crippen LogP contribution is 2.37. The van der Waals surface area contributed by atoms with Crippen LogP contribution in [0.2, 0.25) is 0 Å². The lowest BCUT2D eigenvalue weighted by atomic mass is 10.1. The number of carbonyl (C=O) groups excluding carboxylic acids is 6. The van der Waals surface area contributed by atoms with E-state index in [1.807, 2.05) is 0 Å². The summed E-state index contributed by atoms with van der Waals surface area (Å²) in [5.74, 6) is -5.42. The fourth-order valence-corrected chi connectivity index (χ4v) is 13.2. The zero-order valence-electron chi connectivity index (χ0n) is 29.3. The first kappa shape index (κ1) is 53.4. The molecule has 27 heteroatoms. The van der Waals surface area contributed by atoms with Crippen LogP contribution in [0, 0.1) is 21.4 Å². The highest BCUT2D eigenvalue weighted by molar-refractivity contribution is 14.1. The van der Waals surface area contributed by atoms with Crippen molar-refractivity contribution in [3.8, 4) is 0 Å². The average molecular weight is 1490 g/mol. The molecule has 0 saturated carbocycles. The molecule has 2 rings (SSSR count). The number of halogens is 6. The predicted molar refractivity (Wildman–Crippen MR) is 254 cm³/mol. The molecule has 2 aromatic rings. The van der Waals surface area contributed by atoms with Crippen LogP contribution in [0.4, 0.5) is 11.4 Å². The molecule has 0 bridgehead atoms. The molecule has 0 aromatic heterocycles. The molecule has 0 radical (unpaired) electrons. The molecule has 0 saturated heterocycles. The molecule has 58 heavy (non-hydrogen) atoms. The van der Waals surface area contributed by atoms with E-state index in [-0.39, 0.29) is 68.1 Å². The van der Waals surface area contributed by atoms with Gasteiger partial charge in [0.05, 0.1) is 92.6 Å². The van der Waals surface area contributed by atoms with E-state index < -0.39 is 105 Å². The molecule has 6 amide bonds. The van der Waals surface area contributed by atoms with Crippen molar-refractivity contribution in [3.05, 3.63) is 43.7 Å². The first-order valence-corrected chi connectivity index (χ1v) is 22.6. The molecular formula is C31H36I6N6O15. The Morgan fingerprint density at radius 2 is 0.638 bits per heavy atom. The van der Waals surface area contributed by atoms with Crippen LogP contribution in [0.5, 0.6) is 0 Å². The Morgan fingerprint density at radius 1 is 0.397 bits per heavy atom. The lowest BCUT2D eigenvalue weighted by Crippen LogP contribution is -2.41. The van der Waals surface area contributed by atoms with Crippen LogP contribution in [0.1, 0.15) is 41.4 Å². The number of hydrogen-bond donors (Lipinski definition) is 15. The van der Waals surface area contributed by atoms with Crippen LogP contribution in [0.25, 0.3) is 0 Å². The third-order valence-electron chi connectivity index (χ3n) is 7.40. The summed E-state index contributed by atoms with van der Waals surface area (Å²) in [5, 5.41) is 101. The molecular weight excluding hydrogens is 1460 g/mol. The number of carbonyl (C=O) groups is 6. The number of benzene rings is 2. The van der Waals surface area contributed by atoms with Crippen LogP contribution in [0.3, 0.4) is 0 Å². The van der Waals surface area contributed by atoms with Gasteiger partial charge in [-0.15, -0.1) is 0 Å². The normalized spacial score (nSPS) is 13.7. The number of aliphatic hydroxyl groups is 9. The van der Waals surface area contributed by atoms with Gasteiger partial charge in [0.15, 0.2) is 12.2 Å². The van der Waals surface area contributed by atoms with E-state index in [1.54, 1.807) is 136 Å². The van der Waals surface area contributed by atoms with E-state index in [1.165, 1.54) is 0 Å². The Kier molecular flexibility index (Phi) is 23.4. The van der Waals surface area contributed by atoms with Gasteiger partial charge in [0.1, 0.15) is 0 Å². The highest BCUT2D eigenvalue weighted by Gasteiger charge is 2.32. The van der Waals surface area contributed by atoms with Crippen molar-refractivity contribution < 1.29 is 74.7 Å². The zero-order valence-corrected chi connectivity index (χ0v) is 42.2. The highest BCUT2D eigenvalue weighted by atomic mass is 127. The van der Waals surface area contributed by atoms with Gasteiger partial charge < -0.3 is 77.9 Å². The summed E-state index contributed by atoms with van der Waals surface area (Å²) in [7, 11) is 0. The zero-order chi connectivity index (χ0) is 44.2. The summed E-state index contributed by atoms with van der Waals surface area (Å²) in [4.78, 5) is 78.9. The molecule has 0 aliphatic heterocycles. The average Bonchev–Trinajstić information content (AvgIpc) is 3.19. The number of hydrogen-bond acceptors (Lipinski definition) is 15. The molecule has 4 atom stereocenters. The van der Waals surface area contributed by atoms with Crippen molar-refractivity contribution in [2.75, 3.05) is 63.2 Å². The molecule has 0 aliphatic carbocycles. The van der Waals surface area contributed by atoms with Crippen molar-refractivity contribution in [1.29, 1.82) is 0 Å². The monoisotopic (exact) mass is 1490 g/mol. The summed E-state index contributed by atoms with van der Waals surface area (Å²) in [5.41, 5.74) is -0.712. The molecule has 2 aromatic carbocycles.